The van der Waals surface area contributed by atoms with Crippen LogP contribution in [0.1, 0.15) is 79.6 Å². The summed E-state index contributed by atoms with van der Waals surface area (Å²) < 4.78 is 7.10. The molecule has 12 nitrogen and oxygen atoms in total. The third kappa shape index (κ3) is 5.44. The highest BCUT2D eigenvalue weighted by Crippen LogP contribution is 2.37. The highest BCUT2D eigenvalue weighted by molar-refractivity contribution is 5.87. The number of amides is 1. The Morgan fingerprint density at radius 2 is 1.80 bits per heavy atom. The number of carbonyl (C=O) groups is 1. The Labute approximate surface area is 240 Å². The quantitative estimate of drug-likeness (QED) is 0.435. The van der Waals surface area contributed by atoms with Crippen LogP contribution in [0.3, 0.4) is 0 Å². The lowest BCUT2D eigenvalue weighted by Crippen LogP contribution is -2.58. The van der Waals surface area contributed by atoms with Gasteiger partial charge in [0.2, 0.25) is 23.5 Å². The van der Waals surface area contributed by atoms with Crippen molar-refractivity contribution in [2.75, 3.05) is 23.3 Å². The molecule has 222 valence electrons. The Bertz CT molecular complexity index is 1450. The molecule has 2 saturated carbocycles. The summed E-state index contributed by atoms with van der Waals surface area (Å²) in [5.74, 6) is 3.38. The van der Waals surface area contributed by atoms with E-state index in [0.29, 0.717) is 36.4 Å². The molecule has 2 N–H and O–H groups in total. The maximum Gasteiger partial charge on any atom is 0.439 e. The smallest absolute Gasteiger partial charge is 0.365 e. The van der Waals surface area contributed by atoms with Gasteiger partial charge in [-0.2, -0.15) is 4.98 Å². The molecule has 1 saturated heterocycles. The Balaban J connectivity index is 1.47. The van der Waals surface area contributed by atoms with E-state index in [1.165, 1.54) is 44.9 Å². The first-order valence-corrected chi connectivity index (χ1v) is 15.3. The van der Waals surface area contributed by atoms with Gasteiger partial charge in [0, 0.05) is 44.7 Å². The molecule has 1 amide bonds. The molecule has 2 aliphatic carbocycles. The molecule has 3 aromatic heterocycles. The van der Waals surface area contributed by atoms with E-state index in [4.69, 9.17) is 19.5 Å². The summed E-state index contributed by atoms with van der Waals surface area (Å²) in [6, 6.07) is 0.374. The van der Waals surface area contributed by atoms with Crippen LogP contribution in [0.5, 0.6) is 0 Å². The van der Waals surface area contributed by atoms with Crippen LogP contribution in [0, 0.1) is 17.8 Å². The predicted octanol–water partition coefficient (Wildman–Crippen LogP) is 4.04. The number of hydrogen-bond donors (Lipinski definition) is 2. The second-order valence-corrected chi connectivity index (χ2v) is 12.8. The lowest BCUT2D eigenvalue weighted by Gasteiger charge is -2.44. The lowest BCUT2D eigenvalue weighted by atomic mass is 9.80. The van der Waals surface area contributed by atoms with Crippen molar-refractivity contribution < 1.29 is 9.32 Å². The van der Waals surface area contributed by atoms with Crippen molar-refractivity contribution in [3.05, 3.63) is 10.6 Å². The van der Waals surface area contributed by atoms with E-state index in [1.54, 1.807) is 6.92 Å². The highest BCUT2D eigenvalue weighted by atomic mass is 16.5. The average molecular weight is 566 g/mol. The first-order valence-electron chi connectivity index (χ1n) is 15.3. The van der Waals surface area contributed by atoms with Crippen LogP contribution in [0.25, 0.3) is 22.8 Å². The Morgan fingerprint density at radius 1 is 1.05 bits per heavy atom. The van der Waals surface area contributed by atoms with Crippen molar-refractivity contribution in [1.82, 2.24) is 34.6 Å². The third-order valence-corrected chi connectivity index (χ3v) is 9.68. The standard InChI is InChI=1S/C29H43N9O3/c1-16-9-11-21(12-10-16)15-38-23-24(30-19(4)22-7-6-8-22)31-26(27-34-29(40)41-35-27)32-25(23)33-28(38)37-14-17(2)36(20(5)39)13-18(37)3/h16-19,21-22H,6-15H2,1-5H3,(H,30,31,32)(H,34,35,40)/t16-,17-,18+,19+,21-/m0/s1. The minimum Gasteiger partial charge on any atom is -0.365 e. The molecule has 0 spiro atoms. The number of piperazine rings is 1. The van der Waals surface area contributed by atoms with E-state index in [1.807, 2.05) is 4.90 Å². The van der Waals surface area contributed by atoms with E-state index in [9.17, 15) is 9.59 Å². The van der Waals surface area contributed by atoms with Gasteiger partial charge in [-0.1, -0.05) is 31.3 Å². The predicted molar refractivity (Wildman–Crippen MR) is 157 cm³/mol. The number of carbonyl (C=O) groups excluding carboxylic acids is 1. The number of fused-ring (bicyclic) bond motifs is 1. The fraction of sp³-hybridized carbons (Fsp3) is 0.724. The van der Waals surface area contributed by atoms with Gasteiger partial charge in [-0.3, -0.25) is 14.3 Å². The number of nitrogens with zero attached hydrogens (tertiary/aromatic N) is 7. The second kappa shape index (κ2) is 11.1. The minimum atomic E-state index is -0.648. The summed E-state index contributed by atoms with van der Waals surface area (Å²) in [6.07, 6.45) is 8.50. The van der Waals surface area contributed by atoms with Crippen LogP contribution >= 0.6 is 0 Å². The van der Waals surface area contributed by atoms with E-state index in [2.05, 4.69) is 52.6 Å². The molecule has 4 heterocycles. The number of rotatable bonds is 7. The summed E-state index contributed by atoms with van der Waals surface area (Å²) in [5.41, 5.74) is 1.45. The normalized spacial score (nSPS) is 26.3. The third-order valence-electron chi connectivity index (χ3n) is 9.68. The van der Waals surface area contributed by atoms with Crippen molar-refractivity contribution in [2.24, 2.45) is 17.8 Å². The molecule has 3 fully saturated rings. The summed E-state index contributed by atoms with van der Waals surface area (Å²) >= 11 is 0. The largest absolute Gasteiger partial charge is 0.439 e. The molecule has 12 heteroatoms. The SMILES string of the molecule is CC(=O)N1C[C@@H](C)N(c2nc3nc(-c4noc(=O)[nH]4)nc(N[C@H](C)C4CCC4)c3n2C[C@H]2CC[C@H](C)CC2)C[C@@H]1C. The molecular formula is C29H43N9O3. The van der Waals surface area contributed by atoms with Gasteiger partial charge in [0.25, 0.3) is 0 Å². The van der Waals surface area contributed by atoms with Crippen LogP contribution < -0.4 is 16.0 Å². The fourth-order valence-electron chi connectivity index (χ4n) is 6.84. The zero-order chi connectivity index (χ0) is 28.8. The summed E-state index contributed by atoms with van der Waals surface area (Å²) in [4.78, 5) is 45.8. The van der Waals surface area contributed by atoms with Gasteiger partial charge >= 0.3 is 5.76 Å². The molecule has 6 rings (SSSR count). The zero-order valence-electron chi connectivity index (χ0n) is 24.9. The van der Waals surface area contributed by atoms with Gasteiger partial charge in [0.1, 0.15) is 5.52 Å². The number of H-pyrrole nitrogens is 1. The molecule has 3 aromatic rings. The van der Waals surface area contributed by atoms with Crippen LogP contribution in [-0.2, 0) is 11.3 Å². The van der Waals surface area contributed by atoms with Crippen molar-refractivity contribution in [1.29, 1.82) is 0 Å². The van der Waals surface area contributed by atoms with Gasteiger partial charge in [-0.05, 0) is 64.2 Å². The number of aromatic amines is 1. The van der Waals surface area contributed by atoms with E-state index < -0.39 is 5.76 Å². The zero-order valence-corrected chi connectivity index (χ0v) is 24.9. The second-order valence-electron chi connectivity index (χ2n) is 12.8. The number of nitrogens with one attached hydrogen (secondary N) is 2. The lowest BCUT2D eigenvalue weighted by molar-refractivity contribution is -0.131. The first-order chi connectivity index (χ1) is 19.7. The van der Waals surface area contributed by atoms with Gasteiger partial charge in [0.05, 0.1) is 0 Å². The Hall–Kier alpha value is -3.44. The molecule has 3 atom stereocenters. The number of aromatic nitrogens is 6. The van der Waals surface area contributed by atoms with E-state index in [-0.39, 0.29) is 35.7 Å². The van der Waals surface area contributed by atoms with Crippen LogP contribution in [0.2, 0.25) is 0 Å². The van der Waals surface area contributed by atoms with Gasteiger partial charge in [-0.25, -0.2) is 14.8 Å². The molecular weight excluding hydrogens is 522 g/mol. The molecule has 1 aliphatic heterocycles. The maximum atomic E-state index is 12.3. The molecule has 0 radical (unpaired) electrons. The van der Waals surface area contributed by atoms with Crippen LogP contribution in [-0.4, -0.2) is 71.7 Å². The fourth-order valence-corrected chi connectivity index (χ4v) is 6.84. The average Bonchev–Trinajstić information content (AvgIpc) is 3.49. The number of imidazole rings is 1. The molecule has 0 bridgehead atoms. The molecule has 0 unspecified atom stereocenters. The highest BCUT2D eigenvalue weighted by Gasteiger charge is 2.35. The van der Waals surface area contributed by atoms with Crippen molar-refractivity contribution in [3.8, 4) is 11.6 Å². The van der Waals surface area contributed by atoms with Gasteiger partial charge in [0.15, 0.2) is 11.5 Å². The molecule has 3 aliphatic rings. The first kappa shape index (κ1) is 27.7. The van der Waals surface area contributed by atoms with Gasteiger partial charge < -0.3 is 19.7 Å². The summed E-state index contributed by atoms with van der Waals surface area (Å²) in [6.45, 7) is 12.6. The number of anilines is 2. The van der Waals surface area contributed by atoms with Crippen molar-refractivity contribution >= 4 is 28.8 Å². The molecule has 41 heavy (non-hydrogen) atoms. The van der Waals surface area contributed by atoms with Crippen LogP contribution in [0.4, 0.5) is 11.8 Å². The molecule has 0 aromatic carbocycles. The van der Waals surface area contributed by atoms with E-state index >= 15 is 0 Å². The summed E-state index contributed by atoms with van der Waals surface area (Å²) in [5, 5.41) is 7.58. The van der Waals surface area contributed by atoms with Crippen molar-refractivity contribution in [2.45, 2.75) is 104 Å². The monoisotopic (exact) mass is 565 g/mol. The minimum absolute atomic E-state index is 0.0607. The topological polar surface area (TPSA) is 138 Å². The summed E-state index contributed by atoms with van der Waals surface area (Å²) in [7, 11) is 0. The number of hydrogen-bond acceptors (Lipinski definition) is 9. The van der Waals surface area contributed by atoms with Gasteiger partial charge in [-0.15, -0.1) is 0 Å². The van der Waals surface area contributed by atoms with Crippen LogP contribution in [0.15, 0.2) is 9.32 Å². The Morgan fingerprint density at radius 3 is 2.44 bits per heavy atom. The maximum absolute atomic E-state index is 12.3. The van der Waals surface area contributed by atoms with E-state index in [0.717, 1.165) is 23.9 Å². The van der Waals surface area contributed by atoms with Crippen molar-refractivity contribution in [3.63, 3.8) is 0 Å². The Kier molecular flexibility index (Phi) is 7.50.